The maximum atomic E-state index is 11.8. The second-order valence-electron chi connectivity index (χ2n) is 2.17. The van der Waals surface area contributed by atoms with Crippen molar-refractivity contribution in [2.24, 2.45) is 11.6 Å². The number of rotatable bonds is 1. The Labute approximate surface area is 60.7 Å². The van der Waals surface area contributed by atoms with E-state index in [1.54, 1.807) is 0 Å². The molecule has 1 unspecified atom stereocenters. The molecule has 0 radical (unpaired) electrons. The van der Waals surface area contributed by atoms with E-state index in [0.717, 1.165) is 0 Å². The molecule has 0 fully saturated rings. The molecule has 0 bridgehead atoms. The van der Waals surface area contributed by atoms with Crippen LogP contribution in [0.2, 0.25) is 0 Å². The molecule has 0 rings (SSSR count). The minimum atomic E-state index is -4.80. The molecule has 0 aliphatic rings. The predicted octanol–water partition coefficient (Wildman–Crippen LogP) is -0.744. The Morgan fingerprint density at radius 3 is 1.91 bits per heavy atom. The van der Waals surface area contributed by atoms with Crippen molar-refractivity contribution in [3.05, 3.63) is 0 Å². The summed E-state index contributed by atoms with van der Waals surface area (Å²) in [6, 6.07) is 0. The number of hydrogen-bond acceptors (Lipinski definition) is 3. The van der Waals surface area contributed by atoms with Gasteiger partial charge in [0.1, 0.15) is 0 Å². The lowest BCUT2D eigenvalue weighted by Crippen LogP contribution is -2.62. The fourth-order valence-electron chi connectivity index (χ4n) is 0.279. The molecule has 4 nitrogen and oxygen atoms in total. The molecule has 0 heterocycles. The maximum absolute atomic E-state index is 11.8. The maximum Gasteiger partial charge on any atom is 0.415 e. The molecule has 0 aromatic heterocycles. The summed E-state index contributed by atoms with van der Waals surface area (Å²) in [6.07, 6.45) is -4.80. The highest BCUT2D eigenvalue weighted by Gasteiger charge is 2.53. The normalized spacial score (nSPS) is 17.3. The topological polar surface area (TPSA) is 81.1 Å². The lowest BCUT2D eigenvalue weighted by atomic mass is 10.0. The van der Waals surface area contributed by atoms with Crippen LogP contribution >= 0.6 is 0 Å². The van der Waals surface area contributed by atoms with Gasteiger partial charge in [0, 0.05) is 0 Å². The van der Waals surface area contributed by atoms with Crippen LogP contribution in [0.5, 0.6) is 0 Å². The zero-order valence-corrected chi connectivity index (χ0v) is 5.70. The van der Waals surface area contributed by atoms with Crippen molar-refractivity contribution in [2.45, 2.75) is 18.6 Å². The molecule has 7 heteroatoms. The van der Waals surface area contributed by atoms with Gasteiger partial charge >= 0.3 is 6.18 Å². The summed E-state index contributed by atoms with van der Waals surface area (Å²) in [5.74, 6) is 3.01. The Kier molecular flexibility index (Phi) is 2.47. The Hall–Kier alpha value is -0.820. The highest BCUT2D eigenvalue weighted by atomic mass is 19.4. The van der Waals surface area contributed by atoms with Gasteiger partial charge in [-0.05, 0) is 6.92 Å². The van der Waals surface area contributed by atoms with E-state index in [2.05, 4.69) is 11.6 Å². The largest absolute Gasteiger partial charge is 0.415 e. The van der Waals surface area contributed by atoms with Crippen molar-refractivity contribution in [1.82, 2.24) is 5.43 Å². The molecule has 11 heavy (non-hydrogen) atoms. The third-order valence-corrected chi connectivity index (χ3v) is 1.19. The van der Waals surface area contributed by atoms with Gasteiger partial charge in [-0.1, -0.05) is 0 Å². The molecular formula is C4H8F3N3O. The number of carbonyl (C=O) groups excluding carboxylic acids is 1. The van der Waals surface area contributed by atoms with Gasteiger partial charge in [-0.2, -0.15) is 13.2 Å². The molecule has 0 spiro atoms. The van der Waals surface area contributed by atoms with Crippen LogP contribution in [0.1, 0.15) is 6.92 Å². The number of hydrazine groups is 1. The molecule has 0 saturated carbocycles. The van der Waals surface area contributed by atoms with Crippen LogP contribution in [0.3, 0.4) is 0 Å². The molecule has 0 aromatic rings. The van der Waals surface area contributed by atoms with Crippen LogP contribution in [0.4, 0.5) is 13.2 Å². The molecular weight excluding hydrogens is 163 g/mol. The minimum absolute atomic E-state index is 0.537. The Balaban J connectivity index is 4.59. The number of nitrogens with one attached hydrogen (secondary N) is 1. The zero-order chi connectivity index (χ0) is 9.28. The van der Waals surface area contributed by atoms with Crippen LogP contribution < -0.4 is 17.0 Å². The van der Waals surface area contributed by atoms with Crippen LogP contribution in [0.25, 0.3) is 0 Å². The number of halogens is 3. The number of hydrogen-bond donors (Lipinski definition) is 3. The zero-order valence-electron chi connectivity index (χ0n) is 5.70. The smallest absolute Gasteiger partial charge is 0.310 e. The van der Waals surface area contributed by atoms with E-state index in [-0.39, 0.29) is 0 Å². The van der Waals surface area contributed by atoms with Crippen LogP contribution in [0.15, 0.2) is 0 Å². The molecule has 5 N–H and O–H groups in total. The summed E-state index contributed by atoms with van der Waals surface area (Å²) in [5, 5.41) is 0. The van der Waals surface area contributed by atoms with Crippen LogP contribution in [-0.4, -0.2) is 17.6 Å². The van der Waals surface area contributed by atoms with Gasteiger partial charge in [-0.3, -0.25) is 10.2 Å². The SMILES string of the molecule is CC(N)(C(=O)NN)C(F)(F)F. The quantitative estimate of drug-likeness (QED) is 0.276. The van der Waals surface area contributed by atoms with Crippen LogP contribution in [-0.2, 0) is 4.79 Å². The van der Waals surface area contributed by atoms with Crippen molar-refractivity contribution < 1.29 is 18.0 Å². The third kappa shape index (κ3) is 1.81. The van der Waals surface area contributed by atoms with Crippen molar-refractivity contribution in [1.29, 1.82) is 0 Å². The average Bonchev–Trinajstić information content (AvgIpc) is 1.83. The summed E-state index contributed by atoms with van der Waals surface area (Å²) in [5.41, 5.74) is 3.03. The fourth-order valence-corrected chi connectivity index (χ4v) is 0.279. The first-order chi connectivity index (χ1) is 4.73. The summed E-state index contributed by atoms with van der Waals surface area (Å²) in [7, 11) is 0. The van der Waals surface area contributed by atoms with Crippen molar-refractivity contribution in [3.63, 3.8) is 0 Å². The van der Waals surface area contributed by atoms with Gasteiger partial charge < -0.3 is 5.73 Å². The van der Waals surface area contributed by atoms with Crippen molar-refractivity contribution in [3.8, 4) is 0 Å². The number of carbonyl (C=O) groups is 1. The second-order valence-corrected chi connectivity index (χ2v) is 2.17. The summed E-state index contributed by atoms with van der Waals surface area (Å²) in [4.78, 5) is 10.4. The molecule has 66 valence electrons. The minimum Gasteiger partial charge on any atom is -0.310 e. The van der Waals surface area contributed by atoms with E-state index < -0.39 is 17.6 Å². The van der Waals surface area contributed by atoms with Crippen LogP contribution in [0, 0.1) is 0 Å². The highest BCUT2D eigenvalue weighted by Crippen LogP contribution is 2.27. The first-order valence-electron chi connectivity index (χ1n) is 2.60. The first-order valence-corrected chi connectivity index (χ1v) is 2.60. The first kappa shape index (κ1) is 10.2. The molecule has 0 aliphatic heterocycles. The second kappa shape index (κ2) is 2.67. The van der Waals surface area contributed by atoms with E-state index in [1.807, 2.05) is 0 Å². The fraction of sp³-hybridized carbons (Fsp3) is 0.750. The molecule has 1 amide bonds. The number of amides is 1. The van der Waals surface area contributed by atoms with Gasteiger partial charge in [-0.25, -0.2) is 5.84 Å². The van der Waals surface area contributed by atoms with E-state index >= 15 is 0 Å². The van der Waals surface area contributed by atoms with Crippen molar-refractivity contribution >= 4 is 5.91 Å². The summed E-state index contributed by atoms with van der Waals surface area (Å²) in [6.45, 7) is 0.537. The number of nitrogens with two attached hydrogens (primary N) is 2. The standard InChI is InChI=1S/C4H8F3N3O/c1-3(8,2(11)10-9)4(5,6)7/h8-9H2,1H3,(H,10,11). The summed E-state index contributed by atoms with van der Waals surface area (Å²) >= 11 is 0. The van der Waals surface area contributed by atoms with E-state index in [9.17, 15) is 18.0 Å². The Morgan fingerprint density at radius 1 is 1.45 bits per heavy atom. The molecule has 1 atom stereocenters. The lowest BCUT2D eigenvalue weighted by Gasteiger charge is -2.24. The van der Waals surface area contributed by atoms with E-state index in [0.29, 0.717) is 6.92 Å². The van der Waals surface area contributed by atoms with Gasteiger partial charge in [0.15, 0.2) is 5.54 Å². The molecule has 0 aliphatic carbocycles. The average molecular weight is 171 g/mol. The Bertz CT molecular complexity index is 164. The summed E-state index contributed by atoms with van der Waals surface area (Å²) < 4.78 is 35.5. The third-order valence-electron chi connectivity index (χ3n) is 1.19. The number of alkyl halides is 3. The predicted molar refractivity (Wildman–Crippen MR) is 31.0 cm³/mol. The van der Waals surface area contributed by atoms with E-state index in [1.165, 1.54) is 5.43 Å². The van der Waals surface area contributed by atoms with Gasteiger partial charge in [0.05, 0.1) is 0 Å². The monoisotopic (exact) mass is 171 g/mol. The molecule has 0 saturated heterocycles. The van der Waals surface area contributed by atoms with Gasteiger partial charge in [-0.15, -0.1) is 0 Å². The van der Waals surface area contributed by atoms with E-state index in [4.69, 9.17) is 0 Å². The van der Waals surface area contributed by atoms with Crippen molar-refractivity contribution in [2.75, 3.05) is 0 Å². The highest BCUT2D eigenvalue weighted by molar-refractivity contribution is 5.85. The van der Waals surface area contributed by atoms with Gasteiger partial charge in [0.2, 0.25) is 0 Å². The molecule has 0 aromatic carbocycles. The Morgan fingerprint density at radius 2 is 1.82 bits per heavy atom. The van der Waals surface area contributed by atoms with Gasteiger partial charge in [0.25, 0.3) is 5.91 Å². The lowest BCUT2D eigenvalue weighted by molar-refractivity contribution is -0.187.